The first kappa shape index (κ1) is 32.3. The Hall–Kier alpha value is -2.64. The van der Waals surface area contributed by atoms with Crippen molar-refractivity contribution < 1.29 is 31.1 Å². The minimum atomic E-state index is -4.24. The third kappa shape index (κ3) is 6.62. The summed E-state index contributed by atoms with van der Waals surface area (Å²) in [5.74, 6) is -0.125. The Balaban J connectivity index is 1.45. The fourth-order valence-corrected chi connectivity index (χ4v) is 9.25. The SMILES string of the molecule is CC1(C)OC/C=C/[C@H](NS(C)(=O)=O)[C@@H]2CC[C@H]2CN2C[C@@]3(CCCc4cc(Cl)ccc43)COc3ccc(cc32)S(=O)(=O)NC1=O. The number of carbonyl (C=O) groups excluding carboxylic acids is 1. The maximum absolute atomic E-state index is 13.5. The van der Waals surface area contributed by atoms with Crippen LogP contribution >= 0.6 is 11.6 Å². The minimum Gasteiger partial charge on any atom is -0.490 e. The Morgan fingerprint density at radius 1 is 1.13 bits per heavy atom. The number of carbonyl (C=O) groups is 1. The molecule has 4 aliphatic rings. The number of ether oxygens (including phenoxy) is 2. The standard InChI is InChI=1S/C32H40ClN3O7S2/c1-31(2)30(37)35-45(40,41)24-10-13-29-28(17-24)36(18-22-8-11-25(22)27(7-5-15-43-31)34-44(3,38)39)19-32(20-42-29)14-4-6-21-16-23(33)9-12-26(21)32/h5,7,9-10,12-13,16-17,22,25,27,34H,4,6,8,11,14-15,18-20H2,1-3H3,(H,35,37)/b7-5+/t22-,25+,27-,32-/m0/s1. The molecule has 2 bridgehead atoms. The highest BCUT2D eigenvalue weighted by molar-refractivity contribution is 7.90. The van der Waals surface area contributed by atoms with Crippen molar-refractivity contribution in [1.29, 1.82) is 0 Å². The predicted molar refractivity (Wildman–Crippen MR) is 173 cm³/mol. The van der Waals surface area contributed by atoms with Crippen molar-refractivity contribution in [1.82, 2.24) is 9.44 Å². The van der Waals surface area contributed by atoms with E-state index in [1.165, 1.54) is 31.0 Å². The molecule has 2 aliphatic heterocycles. The van der Waals surface area contributed by atoms with Crippen LogP contribution < -0.4 is 19.1 Å². The van der Waals surface area contributed by atoms with E-state index in [-0.39, 0.29) is 28.8 Å². The van der Waals surface area contributed by atoms with E-state index in [0.29, 0.717) is 36.2 Å². The molecule has 1 spiro atoms. The highest BCUT2D eigenvalue weighted by Gasteiger charge is 2.45. The zero-order chi connectivity index (χ0) is 32.2. The highest BCUT2D eigenvalue weighted by Crippen LogP contribution is 2.47. The molecular weight excluding hydrogens is 638 g/mol. The molecule has 2 heterocycles. The Morgan fingerprint density at radius 3 is 2.67 bits per heavy atom. The number of sulfonamides is 2. The van der Waals surface area contributed by atoms with Crippen LogP contribution in [0.15, 0.2) is 53.4 Å². The summed E-state index contributed by atoms with van der Waals surface area (Å²) >= 11 is 6.39. The summed E-state index contributed by atoms with van der Waals surface area (Å²) in [6, 6.07) is 10.3. The van der Waals surface area contributed by atoms with Gasteiger partial charge in [0.05, 0.1) is 30.1 Å². The van der Waals surface area contributed by atoms with Crippen molar-refractivity contribution in [2.24, 2.45) is 11.8 Å². The quantitative estimate of drug-likeness (QED) is 0.458. The summed E-state index contributed by atoms with van der Waals surface area (Å²) < 4.78 is 69.1. The first-order valence-electron chi connectivity index (χ1n) is 15.3. The van der Waals surface area contributed by atoms with Gasteiger partial charge in [-0.25, -0.2) is 26.3 Å². The van der Waals surface area contributed by atoms with E-state index in [1.807, 2.05) is 12.1 Å². The van der Waals surface area contributed by atoms with Crippen LogP contribution in [0.4, 0.5) is 5.69 Å². The van der Waals surface area contributed by atoms with Gasteiger partial charge in [-0.2, -0.15) is 0 Å². The van der Waals surface area contributed by atoms with Gasteiger partial charge in [0.25, 0.3) is 15.9 Å². The topological polar surface area (TPSA) is 131 Å². The molecule has 0 saturated heterocycles. The monoisotopic (exact) mass is 677 g/mol. The summed E-state index contributed by atoms with van der Waals surface area (Å²) in [7, 11) is -7.76. The molecule has 10 nitrogen and oxygen atoms in total. The fraction of sp³-hybridized carbons (Fsp3) is 0.531. The Labute approximate surface area is 270 Å². The van der Waals surface area contributed by atoms with E-state index in [4.69, 9.17) is 21.1 Å². The molecule has 2 N–H and O–H groups in total. The number of hydrogen-bond acceptors (Lipinski definition) is 8. The summed E-state index contributed by atoms with van der Waals surface area (Å²) in [5, 5.41) is 0.689. The van der Waals surface area contributed by atoms with Gasteiger partial charge in [-0.3, -0.25) is 4.79 Å². The van der Waals surface area contributed by atoms with Crippen molar-refractivity contribution in [2.75, 3.05) is 37.5 Å². The number of nitrogens with zero attached hydrogens (tertiary/aromatic N) is 1. The van der Waals surface area contributed by atoms with Gasteiger partial charge >= 0.3 is 0 Å². The molecule has 1 fully saturated rings. The number of aryl methyl sites for hydroxylation is 1. The minimum absolute atomic E-state index is 0.00590. The van der Waals surface area contributed by atoms with Gasteiger partial charge in [0.15, 0.2) is 0 Å². The molecule has 45 heavy (non-hydrogen) atoms. The molecule has 0 aromatic heterocycles. The molecule has 1 amide bonds. The summed E-state index contributed by atoms with van der Waals surface area (Å²) in [6.07, 6.45) is 9.11. The van der Waals surface area contributed by atoms with Crippen molar-refractivity contribution in [3.63, 3.8) is 0 Å². The van der Waals surface area contributed by atoms with E-state index < -0.39 is 37.6 Å². The van der Waals surface area contributed by atoms with Gasteiger partial charge in [0, 0.05) is 29.6 Å². The number of rotatable bonds is 2. The van der Waals surface area contributed by atoms with Crippen LogP contribution in [0.5, 0.6) is 5.75 Å². The van der Waals surface area contributed by atoms with Crippen LogP contribution in [0.1, 0.15) is 50.7 Å². The molecule has 6 rings (SSSR count). The number of amides is 1. The van der Waals surface area contributed by atoms with Crippen molar-refractivity contribution >= 4 is 43.2 Å². The number of hydrogen-bond donors (Lipinski definition) is 2. The maximum Gasteiger partial charge on any atom is 0.265 e. The average Bonchev–Trinajstić information content (AvgIpc) is 3.09. The molecule has 1 saturated carbocycles. The van der Waals surface area contributed by atoms with Crippen molar-refractivity contribution in [3.8, 4) is 5.75 Å². The Morgan fingerprint density at radius 2 is 1.93 bits per heavy atom. The third-order valence-electron chi connectivity index (χ3n) is 9.72. The van der Waals surface area contributed by atoms with Crippen LogP contribution in [0.25, 0.3) is 0 Å². The number of halogens is 1. The van der Waals surface area contributed by atoms with Crippen LogP contribution in [0.3, 0.4) is 0 Å². The van der Waals surface area contributed by atoms with E-state index in [9.17, 15) is 21.6 Å². The number of benzene rings is 2. The second-order valence-electron chi connectivity index (χ2n) is 13.3. The summed E-state index contributed by atoms with van der Waals surface area (Å²) in [4.78, 5) is 15.3. The molecule has 2 aromatic carbocycles. The fourth-order valence-electron chi connectivity index (χ4n) is 7.18. The molecule has 4 atom stereocenters. The lowest BCUT2D eigenvalue weighted by Crippen LogP contribution is -2.52. The van der Waals surface area contributed by atoms with Crippen LogP contribution in [0, 0.1) is 11.8 Å². The lowest BCUT2D eigenvalue weighted by molar-refractivity contribution is -0.139. The largest absolute Gasteiger partial charge is 0.490 e. The first-order valence-corrected chi connectivity index (χ1v) is 19.1. The zero-order valence-electron chi connectivity index (χ0n) is 25.7. The van der Waals surface area contributed by atoms with E-state index >= 15 is 0 Å². The summed E-state index contributed by atoms with van der Waals surface area (Å²) in [6.45, 7) is 4.53. The molecule has 0 radical (unpaired) electrons. The number of fused-ring (bicyclic) bond motifs is 4. The molecule has 244 valence electrons. The van der Waals surface area contributed by atoms with Gasteiger partial charge < -0.3 is 14.4 Å². The Kier molecular flexibility index (Phi) is 8.52. The van der Waals surface area contributed by atoms with Crippen molar-refractivity contribution in [2.45, 2.75) is 67.9 Å². The van der Waals surface area contributed by atoms with E-state index in [0.717, 1.165) is 38.4 Å². The second-order valence-corrected chi connectivity index (χ2v) is 17.2. The van der Waals surface area contributed by atoms with Gasteiger partial charge in [-0.1, -0.05) is 29.8 Å². The van der Waals surface area contributed by atoms with Crippen LogP contribution in [-0.4, -0.2) is 66.9 Å². The molecule has 0 unspecified atom stereocenters. The predicted octanol–water partition coefficient (Wildman–Crippen LogP) is 3.93. The van der Waals surface area contributed by atoms with Crippen LogP contribution in [0.2, 0.25) is 5.02 Å². The number of nitrogens with one attached hydrogen (secondary N) is 2. The van der Waals surface area contributed by atoms with Crippen molar-refractivity contribution in [3.05, 3.63) is 64.7 Å². The second kappa shape index (κ2) is 11.9. The number of anilines is 1. The zero-order valence-corrected chi connectivity index (χ0v) is 28.1. The van der Waals surface area contributed by atoms with Gasteiger partial charge in [-0.05, 0) is 99.2 Å². The van der Waals surface area contributed by atoms with Gasteiger partial charge in [0.2, 0.25) is 10.0 Å². The molecular formula is C32H40ClN3O7S2. The molecule has 13 heteroatoms. The normalized spacial score (nSPS) is 30.1. The Bertz CT molecular complexity index is 1740. The van der Waals surface area contributed by atoms with E-state index in [2.05, 4.69) is 20.4 Å². The van der Waals surface area contributed by atoms with Gasteiger partial charge in [-0.15, -0.1) is 0 Å². The lowest BCUT2D eigenvalue weighted by atomic mass is 9.68. The van der Waals surface area contributed by atoms with E-state index in [1.54, 1.807) is 24.3 Å². The first-order chi connectivity index (χ1) is 21.2. The average molecular weight is 678 g/mol. The summed E-state index contributed by atoms with van der Waals surface area (Å²) in [5.41, 5.74) is 1.16. The smallest absolute Gasteiger partial charge is 0.265 e. The molecule has 2 aliphatic carbocycles. The third-order valence-corrected chi connectivity index (χ3v) is 12.0. The lowest BCUT2D eigenvalue weighted by Gasteiger charge is -2.46. The highest BCUT2D eigenvalue weighted by atomic mass is 35.5. The van der Waals surface area contributed by atoms with Gasteiger partial charge in [0.1, 0.15) is 11.4 Å². The molecule has 2 aromatic rings. The van der Waals surface area contributed by atoms with Crippen LogP contribution in [-0.2, 0) is 41.4 Å². The maximum atomic E-state index is 13.5.